The largest absolute Gasteiger partial charge is 0.508 e. The van der Waals surface area contributed by atoms with Gasteiger partial charge in [-0.25, -0.2) is 0 Å². The van der Waals surface area contributed by atoms with Gasteiger partial charge in [-0.2, -0.15) is 0 Å². The van der Waals surface area contributed by atoms with Gasteiger partial charge in [0.25, 0.3) is 0 Å². The van der Waals surface area contributed by atoms with Crippen molar-refractivity contribution in [3.63, 3.8) is 0 Å². The summed E-state index contributed by atoms with van der Waals surface area (Å²) in [4.78, 5) is 0. The summed E-state index contributed by atoms with van der Waals surface area (Å²) in [7, 11) is 1.61. The first kappa shape index (κ1) is 7.92. The van der Waals surface area contributed by atoms with E-state index in [1.54, 1.807) is 19.3 Å². The van der Waals surface area contributed by atoms with Crippen LogP contribution in [0.1, 0.15) is 13.3 Å². The third-order valence-electron chi connectivity index (χ3n) is 1.63. The molecule has 1 N–H and O–H groups in total. The zero-order valence-electron chi connectivity index (χ0n) is 6.79. The first-order chi connectivity index (χ1) is 5.24. The van der Waals surface area contributed by atoms with Gasteiger partial charge in [0.1, 0.15) is 11.5 Å². The number of hydrogen-bond donors (Lipinski definition) is 1. The Bertz CT molecular complexity index is 234. The van der Waals surface area contributed by atoms with Crippen molar-refractivity contribution in [3.05, 3.63) is 35.3 Å². The summed E-state index contributed by atoms with van der Waals surface area (Å²) in [5, 5.41) is 9.17. The molecule has 0 bridgehead atoms. The average molecular weight is 152 g/mol. The Kier molecular flexibility index (Phi) is 2.36. The predicted molar refractivity (Wildman–Crippen MR) is 44.2 cm³/mol. The topological polar surface area (TPSA) is 29.5 Å². The Balaban J connectivity index is 2.95. The lowest BCUT2D eigenvalue weighted by atomic mass is 10.2. The zero-order chi connectivity index (χ0) is 8.27. The van der Waals surface area contributed by atoms with Gasteiger partial charge in [-0.1, -0.05) is 6.08 Å². The number of allylic oxidation sites excluding steroid dienone is 4. The Morgan fingerprint density at radius 3 is 2.91 bits per heavy atom. The van der Waals surface area contributed by atoms with Crippen molar-refractivity contribution in [2.24, 2.45) is 0 Å². The maximum Gasteiger partial charge on any atom is 0.121 e. The number of aliphatic hydroxyl groups excluding tert-OH is 1. The molecule has 0 aromatic rings. The highest BCUT2D eigenvalue weighted by Crippen LogP contribution is 2.16. The van der Waals surface area contributed by atoms with E-state index in [0.717, 1.165) is 17.8 Å². The van der Waals surface area contributed by atoms with Crippen molar-refractivity contribution in [3.8, 4) is 0 Å². The van der Waals surface area contributed by atoms with Gasteiger partial charge in [-0.3, -0.25) is 0 Å². The minimum absolute atomic E-state index is 0.249. The summed E-state index contributed by atoms with van der Waals surface area (Å²) in [6.45, 7) is 1.98. The molecule has 1 aliphatic carbocycles. The van der Waals surface area contributed by atoms with Crippen molar-refractivity contribution in [2.75, 3.05) is 7.11 Å². The highest BCUT2D eigenvalue weighted by Gasteiger charge is 2.02. The molecule has 60 valence electrons. The van der Waals surface area contributed by atoms with E-state index in [4.69, 9.17) is 9.84 Å². The molecule has 0 fully saturated rings. The van der Waals surface area contributed by atoms with Gasteiger partial charge < -0.3 is 9.84 Å². The second kappa shape index (κ2) is 3.28. The standard InChI is InChI=1S/C9H12O2/c1-7-4-3-5-8(10)6-9(7)11-2/h3,5-6,10H,4H2,1-2H3. The van der Waals surface area contributed by atoms with Crippen LogP contribution >= 0.6 is 0 Å². The first-order valence-electron chi connectivity index (χ1n) is 3.55. The van der Waals surface area contributed by atoms with Crippen LogP contribution in [-0.4, -0.2) is 12.2 Å². The van der Waals surface area contributed by atoms with Gasteiger partial charge in [0.15, 0.2) is 0 Å². The monoisotopic (exact) mass is 152 g/mol. The van der Waals surface area contributed by atoms with Crippen LogP contribution in [-0.2, 0) is 4.74 Å². The highest BCUT2D eigenvalue weighted by atomic mass is 16.5. The van der Waals surface area contributed by atoms with Crippen LogP contribution in [0.15, 0.2) is 35.3 Å². The quantitative estimate of drug-likeness (QED) is 0.624. The van der Waals surface area contributed by atoms with E-state index in [0.29, 0.717) is 0 Å². The van der Waals surface area contributed by atoms with E-state index in [1.165, 1.54) is 0 Å². The Morgan fingerprint density at radius 2 is 2.27 bits per heavy atom. The van der Waals surface area contributed by atoms with E-state index < -0.39 is 0 Å². The molecule has 0 unspecified atom stereocenters. The summed E-state index contributed by atoms with van der Waals surface area (Å²) in [6, 6.07) is 0. The Morgan fingerprint density at radius 1 is 1.55 bits per heavy atom. The van der Waals surface area contributed by atoms with Gasteiger partial charge in [0.2, 0.25) is 0 Å². The van der Waals surface area contributed by atoms with Crippen LogP contribution in [0, 0.1) is 0 Å². The lowest BCUT2D eigenvalue weighted by molar-refractivity contribution is 0.298. The summed E-state index contributed by atoms with van der Waals surface area (Å²) in [6.07, 6.45) is 6.05. The van der Waals surface area contributed by atoms with E-state index in [-0.39, 0.29) is 5.76 Å². The summed E-state index contributed by atoms with van der Waals surface area (Å²) in [5.74, 6) is 1.01. The van der Waals surface area contributed by atoms with Crippen molar-refractivity contribution in [2.45, 2.75) is 13.3 Å². The average Bonchev–Trinajstić information content (AvgIpc) is 2.13. The van der Waals surface area contributed by atoms with Gasteiger partial charge >= 0.3 is 0 Å². The van der Waals surface area contributed by atoms with Crippen LogP contribution in [0.4, 0.5) is 0 Å². The highest BCUT2D eigenvalue weighted by molar-refractivity contribution is 5.30. The molecule has 2 heteroatoms. The number of aliphatic hydroxyl groups is 1. The van der Waals surface area contributed by atoms with Crippen molar-refractivity contribution in [1.29, 1.82) is 0 Å². The summed E-state index contributed by atoms with van der Waals surface area (Å²) < 4.78 is 5.06. The molecular weight excluding hydrogens is 140 g/mol. The van der Waals surface area contributed by atoms with Crippen molar-refractivity contribution >= 4 is 0 Å². The molecule has 0 saturated carbocycles. The molecule has 1 aliphatic rings. The molecule has 0 heterocycles. The lowest BCUT2D eigenvalue weighted by Crippen LogP contribution is -1.87. The predicted octanol–water partition coefficient (Wildman–Crippen LogP) is 2.31. The van der Waals surface area contributed by atoms with Crippen LogP contribution in [0.2, 0.25) is 0 Å². The fourth-order valence-corrected chi connectivity index (χ4v) is 0.996. The number of methoxy groups -OCH3 is 1. The second-order valence-corrected chi connectivity index (χ2v) is 2.52. The van der Waals surface area contributed by atoms with Gasteiger partial charge in [-0.15, -0.1) is 0 Å². The molecule has 0 radical (unpaired) electrons. The molecule has 0 amide bonds. The van der Waals surface area contributed by atoms with Gasteiger partial charge in [0.05, 0.1) is 7.11 Å². The van der Waals surface area contributed by atoms with Crippen molar-refractivity contribution in [1.82, 2.24) is 0 Å². The molecule has 0 aromatic carbocycles. The summed E-state index contributed by atoms with van der Waals surface area (Å²) >= 11 is 0. The Labute approximate surface area is 66.5 Å². The van der Waals surface area contributed by atoms with E-state index >= 15 is 0 Å². The molecule has 2 nitrogen and oxygen atoms in total. The minimum atomic E-state index is 0.249. The van der Waals surface area contributed by atoms with Crippen LogP contribution in [0.5, 0.6) is 0 Å². The van der Waals surface area contributed by atoms with Crippen LogP contribution < -0.4 is 0 Å². The summed E-state index contributed by atoms with van der Waals surface area (Å²) in [5.41, 5.74) is 1.13. The molecule has 0 spiro atoms. The van der Waals surface area contributed by atoms with E-state index in [9.17, 15) is 0 Å². The second-order valence-electron chi connectivity index (χ2n) is 2.52. The third-order valence-corrected chi connectivity index (χ3v) is 1.63. The van der Waals surface area contributed by atoms with Crippen molar-refractivity contribution < 1.29 is 9.84 Å². The maximum atomic E-state index is 9.17. The number of rotatable bonds is 1. The van der Waals surface area contributed by atoms with Gasteiger partial charge in [0, 0.05) is 6.08 Å². The van der Waals surface area contributed by atoms with E-state index in [2.05, 4.69) is 0 Å². The molecule has 0 saturated heterocycles. The molecule has 0 aliphatic heterocycles. The van der Waals surface area contributed by atoms with Crippen LogP contribution in [0.3, 0.4) is 0 Å². The minimum Gasteiger partial charge on any atom is -0.508 e. The zero-order valence-corrected chi connectivity index (χ0v) is 6.79. The van der Waals surface area contributed by atoms with E-state index in [1.807, 2.05) is 13.0 Å². The smallest absolute Gasteiger partial charge is 0.121 e. The molecule has 1 rings (SSSR count). The fraction of sp³-hybridized carbons (Fsp3) is 0.333. The normalized spacial score (nSPS) is 17.8. The SMILES string of the molecule is COC1=C(C)CC=CC(O)=C1. The molecule has 0 aromatic heterocycles. The molecule has 0 atom stereocenters. The molecular formula is C9H12O2. The Hall–Kier alpha value is -1.18. The maximum absolute atomic E-state index is 9.17. The first-order valence-corrected chi connectivity index (χ1v) is 3.55. The lowest BCUT2D eigenvalue weighted by Gasteiger charge is -2.02. The van der Waals surface area contributed by atoms with Gasteiger partial charge in [-0.05, 0) is 25.0 Å². The number of hydrogen-bond acceptors (Lipinski definition) is 2. The van der Waals surface area contributed by atoms with Crippen LogP contribution in [0.25, 0.3) is 0 Å². The molecule has 11 heavy (non-hydrogen) atoms. The number of ether oxygens (including phenoxy) is 1. The third kappa shape index (κ3) is 1.87. The fourth-order valence-electron chi connectivity index (χ4n) is 0.996.